The van der Waals surface area contributed by atoms with Gasteiger partial charge in [0.2, 0.25) is 0 Å². The lowest BCUT2D eigenvalue weighted by molar-refractivity contribution is -0.134. The summed E-state index contributed by atoms with van der Waals surface area (Å²) in [6.45, 7) is 7.23. The van der Waals surface area contributed by atoms with E-state index in [1.165, 1.54) is 6.92 Å². The van der Waals surface area contributed by atoms with E-state index in [0.717, 1.165) is 12.0 Å². The van der Waals surface area contributed by atoms with Crippen LogP contribution in [0.25, 0.3) is 0 Å². The molecule has 0 aromatic heterocycles. The Labute approximate surface area is 79.0 Å². The van der Waals surface area contributed by atoms with E-state index in [4.69, 9.17) is 0 Å². The number of carbonyl (C=O) groups excluding carboxylic acids is 2. The maximum atomic E-state index is 11.7. The SMILES string of the molecule is CC(=O)C1C(=O)C(C)=CCC1(C)C. The number of Topliss-reactive ketones (excluding diaryl/α,β-unsaturated/α-hetero) is 2. The molecule has 0 fully saturated rings. The molecule has 72 valence electrons. The van der Waals surface area contributed by atoms with Crippen LogP contribution in [-0.4, -0.2) is 11.6 Å². The van der Waals surface area contributed by atoms with E-state index < -0.39 is 5.92 Å². The molecule has 0 heterocycles. The van der Waals surface area contributed by atoms with Crippen LogP contribution in [0.3, 0.4) is 0 Å². The summed E-state index contributed by atoms with van der Waals surface area (Å²) in [7, 11) is 0. The summed E-state index contributed by atoms with van der Waals surface area (Å²) in [4.78, 5) is 23.0. The minimum absolute atomic E-state index is 0.00347. The molecule has 0 saturated heterocycles. The van der Waals surface area contributed by atoms with E-state index in [9.17, 15) is 9.59 Å². The summed E-state index contributed by atoms with van der Waals surface area (Å²) in [5.74, 6) is -0.441. The molecule has 2 heteroatoms. The van der Waals surface area contributed by atoms with Gasteiger partial charge < -0.3 is 0 Å². The second kappa shape index (κ2) is 3.09. The zero-order valence-electron chi connectivity index (χ0n) is 8.68. The summed E-state index contributed by atoms with van der Waals surface area (Å²) < 4.78 is 0. The fourth-order valence-electron chi connectivity index (χ4n) is 1.95. The van der Waals surface area contributed by atoms with Crippen LogP contribution in [0.2, 0.25) is 0 Å². The molecule has 1 aliphatic carbocycles. The quantitative estimate of drug-likeness (QED) is 0.579. The smallest absolute Gasteiger partial charge is 0.169 e. The molecule has 0 amide bonds. The van der Waals surface area contributed by atoms with Crippen LogP contribution in [0.15, 0.2) is 11.6 Å². The average molecular weight is 180 g/mol. The van der Waals surface area contributed by atoms with Crippen molar-refractivity contribution < 1.29 is 9.59 Å². The summed E-state index contributed by atoms with van der Waals surface area (Å²) in [5.41, 5.74) is 0.530. The molecule has 1 aliphatic rings. The fourth-order valence-corrected chi connectivity index (χ4v) is 1.95. The highest BCUT2D eigenvalue weighted by atomic mass is 16.1. The van der Waals surface area contributed by atoms with Crippen molar-refractivity contribution in [1.82, 2.24) is 0 Å². The van der Waals surface area contributed by atoms with Gasteiger partial charge in [-0.1, -0.05) is 19.9 Å². The minimum atomic E-state index is -0.433. The van der Waals surface area contributed by atoms with E-state index in [0.29, 0.717) is 0 Å². The van der Waals surface area contributed by atoms with Crippen LogP contribution >= 0.6 is 0 Å². The fraction of sp³-hybridized carbons (Fsp3) is 0.636. The van der Waals surface area contributed by atoms with E-state index in [1.54, 1.807) is 6.92 Å². The standard InChI is InChI=1S/C11H16O2/c1-7-5-6-11(3,4)9(8(2)12)10(7)13/h5,9H,6H2,1-4H3. The third kappa shape index (κ3) is 1.71. The highest BCUT2D eigenvalue weighted by Gasteiger charge is 2.40. The molecule has 0 N–H and O–H groups in total. The first kappa shape index (κ1) is 10.2. The Morgan fingerprint density at radius 2 is 2.08 bits per heavy atom. The van der Waals surface area contributed by atoms with Gasteiger partial charge in [0.1, 0.15) is 5.78 Å². The van der Waals surface area contributed by atoms with Crippen LogP contribution in [0.1, 0.15) is 34.1 Å². The third-order valence-corrected chi connectivity index (χ3v) is 2.77. The predicted molar refractivity (Wildman–Crippen MR) is 51.3 cm³/mol. The van der Waals surface area contributed by atoms with Crippen molar-refractivity contribution in [3.63, 3.8) is 0 Å². The summed E-state index contributed by atoms with van der Waals surface area (Å²) in [6.07, 6.45) is 2.75. The Bertz CT molecular complexity index is 284. The Hall–Kier alpha value is -0.920. The van der Waals surface area contributed by atoms with Crippen molar-refractivity contribution in [3.8, 4) is 0 Å². The predicted octanol–water partition coefficient (Wildman–Crippen LogP) is 2.14. The van der Waals surface area contributed by atoms with Crippen LogP contribution in [-0.2, 0) is 9.59 Å². The Kier molecular flexibility index (Phi) is 2.42. The number of rotatable bonds is 1. The Balaban J connectivity index is 3.09. The van der Waals surface area contributed by atoms with E-state index in [2.05, 4.69) is 0 Å². The first-order chi connectivity index (χ1) is 5.86. The second-order valence-electron chi connectivity index (χ2n) is 4.49. The largest absolute Gasteiger partial charge is 0.299 e. The maximum absolute atomic E-state index is 11.7. The Morgan fingerprint density at radius 1 is 1.54 bits per heavy atom. The van der Waals surface area contributed by atoms with E-state index in [-0.39, 0.29) is 17.0 Å². The van der Waals surface area contributed by atoms with Gasteiger partial charge in [-0.3, -0.25) is 9.59 Å². The maximum Gasteiger partial charge on any atom is 0.169 e. The highest BCUT2D eigenvalue weighted by Crippen LogP contribution is 2.38. The molecule has 1 unspecified atom stereocenters. The summed E-state index contributed by atoms with van der Waals surface area (Å²) in [5, 5.41) is 0. The van der Waals surface area contributed by atoms with Crippen LogP contribution < -0.4 is 0 Å². The van der Waals surface area contributed by atoms with Crippen molar-refractivity contribution in [1.29, 1.82) is 0 Å². The monoisotopic (exact) mass is 180 g/mol. The van der Waals surface area contributed by atoms with Gasteiger partial charge in [-0.05, 0) is 31.3 Å². The molecule has 0 aromatic rings. The Morgan fingerprint density at radius 3 is 2.46 bits per heavy atom. The van der Waals surface area contributed by atoms with Gasteiger partial charge in [-0.25, -0.2) is 0 Å². The van der Waals surface area contributed by atoms with Gasteiger partial charge in [0.15, 0.2) is 5.78 Å². The molecule has 1 rings (SSSR count). The van der Waals surface area contributed by atoms with E-state index in [1.807, 2.05) is 19.9 Å². The topological polar surface area (TPSA) is 34.1 Å². The van der Waals surface area contributed by atoms with Crippen LogP contribution in [0.5, 0.6) is 0 Å². The normalized spacial score (nSPS) is 26.9. The lowest BCUT2D eigenvalue weighted by atomic mass is 9.67. The van der Waals surface area contributed by atoms with Gasteiger partial charge in [0.25, 0.3) is 0 Å². The zero-order chi connectivity index (χ0) is 10.2. The van der Waals surface area contributed by atoms with Crippen molar-refractivity contribution in [2.75, 3.05) is 0 Å². The number of ketones is 2. The first-order valence-electron chi connectivity index (χ1n) is 4.57. The summed E-state index contributed by atoms with van der Waals surface area (Å²) in [6, 6.07) is 0. The average Bonchev–Trinajstić information content (AvgIpc) is 1.96. The van der Waals surface area contributed by atoms with Gasteiger partial charge in [-0.2, -0.15) is 0 Å². The molecular weight excluding hydrogens is 164 g/mol. The van der Waals surface area contributed by atoms with Crippen LogP contribution in [0.4, 0.5) is 0 Å². The molecule has 0 saturated carbocycles. The van der Waals surface area contributed by atoms with E-state index >= 15 is 0 Å². The molecule has 1 atom stereocenters. The molecular formula is C11H16O2. The molecule has 0 aliphatic heterocycles. The molecule has 0 radical (unpaired) electrons. The molecule has 0 aromatic carbocycles. The summed E-state index contributed by atoms with van der Waals surface area (Å²) >= 11 is 0. The molecule has 0 bridgehead atoms. The van der Waals surface area contributed by atoms with Crippen molar-refractivity contribution in [2.45, 2.75) is 34.1 Å². The minimum Gasteiger partial charge on any atom is -0.299 e. The van der Waals surface area contributed by atoms with Crippen molar-refractivity contribution in [3.05, 3.63) is 11.6 Å². The second-order valence-corrected chi connectivity index (χ2v) is 4.49. The molecule has 13 heavy (non-hydrogen) atoms. The number of hydrogen-bond acceptors (Lipinski definition) is 2. The lowest BCUT2D eigenvalue weighted by Gasteiger charge is -2.34. The van der Waals surface area contributed by atoms with Gasteiger partial charge in [-0.15, -0.1) is 0 Å². The molecule has 0 spiro atoms. The number of allylic oxidation sites excluding steroid dienone is 2. The number of carbonyl (C=O) groups is 2. The molecule has 2 nitrogen and oxygen atoms in total. The van der Waals surface area contributed by atoms with Crippen molar-refractivity contribution >= 4 is 11.6 Å². The van der Waals surface area contributed by atoms with Gasteiger partial charge in [0, 0.05) is 0 Å². The lowest BCUT2D eigenvalue weighted by Crippen LogP contribution is -2.39. The highest BCUT2D eigenvalue weighted by molar-refractivity contribution is 6.10. The zero-order valence-corrected chi connectivity index (χ0v) is 8.68. The van der Waals surface area contributed by atoms with Crippen molar-refractivity contribution in [2.24, 2.45) is 11.3 Å². The number of hydrogen-bond donors (Lipinski definition) is 0. The van der Waals surface area contributed by atoms with Gasteiger partial charge in [0.05, 0.1) is 5.92 Å². The van der Waals surface area contributed by atoms with Crippen LogP contribution in [0, 0.1) is 11.3 Å². The first-order valence-corrected chi connectivity index (χ1v) is 4.57. The van der Waals surface area contributed by atoms with Gasteiger partial charge >= 0.3 is 0 Å². The third-order valence-electron chi connectivity index (χ3n) is 2.77.